The Labute approximate surface area is 246 Å². The zero-order valence-corrected chi connectivity index (χ0v) is 25.1. The van der Waals surface area contributed by atoms with Crippen molar-refractivity contribution in [2.24, 2.45) is 0 Å². The van der Waals surface area contributed by atoms with Crippen molar-refractivity contribution in [3.8, 4) is 22.8 Å². The highest BCUT2D eigenvalue weighted by Gasteiger charge is 2.28. The van der Waals surface area contributed by atoms with Gasteiger partial charge in [0.1, 0.15) is 17.1 Å². The Bertz CT molecular complexity index is 1620. The number of hydrogen-bond donors (Lipinski definition) is 1. The van der Waals surface area contributed by atoms with Gasteiger partial charge >= 0.3 is 6.09 Å². The van der Waals surface area contributed by atoms with E-state index in [1.807, 2.05) is 87.7 Å². The Morgan fingerprint density at radius 1 is 1.07 bits per heavy atom. The number of benzene rings is 2. The maximum Gasteiger partial charge on any atom is 0.415 e. The van der Waals surface area contributed by atoms with E-state index in [1.54, 1.807) is 19.4 Å². The SMILES string of the molecule is COCCN(C(=O)OC(C)(C)C)c1cc(Oc2ccccc2C)cn2c(-c3ccc(C(=O)NC4CC4)c(C)c3)cnc12. The lowest BCUT2D eigenvalue weighted by Gasteiger charge is -2.28. The molecule has 5 rings (SSSR count). The van der Waals surface area contributed by atoms with Crippen molar-refractivity contribution in [3.63, 3.8) is 0 Å². The van der Waals surface area contributed by atoms with Gasteiger partial charge in [0.25, 0.3) is 5.91 Å². The molecule has 2 aromatic heterocycles. The molecule has 1 aliphatic carbocycles. The molecular formula is C33H38N4O5. The van der Waals surface area contributed by atoms with E-state index in [0.29, 0.717) is 35.0 Å². The molecule has 9 heteroatoms. The third kappa shape index (κ3) is 6.57. The van der Waals surface area contributed by atoms with E-state index in [0.717, 1.165) is 35.2 Å². The van der Waals surface area contributed by atoms with Crippen LogP contribution in [0.1, 0.15) is 55.1 Å². The minimum absolute atomic E-state index is 0.0537. The summed E-state index contributed by atoms with van der Waals surface area (Å²) in [5, 5.41) is 3.06. The van der Waals surface area contributed by atoms with Gasteiger partial charge in [-0.1, -0.05) is 24.3 Å². The molecule has 0 unspecified atom stereocenters. The zero-order chi connectivity index (χ0) is 30.0. The molecule has 1 aliphatic rings. The van der Waals surface area contributed by atoms with E-state index in [1.165, 1.54) is 4.90 Å². The van der Waals surface area contributed by atoms with Gasteiger partial charge < -0.3 is 19.5 Å². The molecule has 0 atom stereocenters. The molecule has 1 fully saturated rings. The minimum atomic E-state index is -0.695. The highest BCUT2D eigenvalue weighted by molar-refractivity contribution is 5.97. The summed E-state index contributed by atoms with van der Waals surface area (Å²) in [4.78, 5) is 32.5. The average Bonchev–Trinajstić information content (AvgIpc) is 3.64. The largest absolute Gasteiger partial charge is 0.455 e. The van der Waals surface area contributed by atoms with Crippen LogP contribution in [0.25, 0.3) is 16.9 Å². The van der Waals surface area contributed by atoms with Gasteiger partial charge in [0.05, 0.1) is 36.9 Å². The van der Waals surface area contributed by atoms with Crippen LogP contribution in [0, 0.1) is 13.8 Å². The summed E-state index contributed by atoms with van der Waals surface area (Å²) >= 11 is 0. The molecule has 42 heavy (non-hydrogen) atoms. The molecule has 0 bridgehead atoms. The predicted molar refractivity (Wildman–Crippen MR) is 163 cm³/mol. The average molecular weight is 571 g/mol. The topological polar surface area (TPSA) is 94.4 Å². The molecule has 0 aliphatic heterocycles. The molecule has 220 valence electrons. The lowest BCUT2D eigenvalue weighted by atomic mass is 10.0. The fourth-order valence-corrected chi connectivity index (χ4v) is 4.69. The molecule has 2 heterocycles. The second kappa shape index (κ2) is 11.9. The number of aromatic nitrogens is 2. The Morgan fingerprint density at radius 3 is 2.50 bits per heavy atom. The molecule has 0 radical (unpaired) electrons. The maximum atomic E-state index is 13.5. The van der Waals surface area contributed by atoms with Gasteiger partial charge in [-0.25, -0.2) is 9.78 Å². The first-order valence-corrected chi connectivity index (χ1v) is 14.2. The van der Waals surface area contributed by atoms with Crippen molar-refractivity contribution in [1.29, 1.82) is 0 Å². The molecular weight excluding hydrogens is 532 g/mol. The van der Waals surface area contributed by atoms with Crippen molar-refractivity contribution >= 4 is 23.3 Å². The van der Waals surface area contributed by atoms with Crippen molar-refractivity contribution in [1.82, 2.24) is 14.7 Å². The van der Waals surface area contributed by atoms with E-state index in [2.05, 4.69) is 5.32 Å². The summed E-state index contributed by atoms with van der Waals surface area (Å²) in [6.07, 6.45) is 5.18. The molecule has 4 aromatic rings. The van der Waals surface area contributed by atoms with Crippen LogP contribution < -0.4 is 15.0 Å². The number of anilines is 1. The van der Waals surface area contributed by atoms with E-state index < -0.39 is 11.7 Å². The standard InChI is InChI=1S/C33H38N4O5/c1-21-9-7-8-10-29(21)41-25-18-27(36(15-16-40-6)32(39)42-33(3,4)5)30-34-19-28(37(30)20-25)23-11-14-26(22(2)17-23)31(38)35-24-12-13-24/h7-11,14,17-20,24H,12-13,15-16H2,1-6H3,(H,35,38). The summed E-state index contributed by atoms with van der Waals surface area (Å²) in [5.74, 6) is 1.17. The van der Waals surface area contributed by atoms with Crippen LogP contribution in [0.15, 0.2) is 60.9 Å². The number of aryl methyl sites for hydroxylation is 2. The number of para-hydroxylation sites is 1. The minimum Gasteiger partial charge on any atom is -0.455 e. The van der Waals surface area contributed by atoms with Crippen LogP contribution in [0.5, 0.6) is 11.5 Å². The summed E-state index contributed by atoms with van der Waals surface area (Å²) in [6.45, 7) is 9.95. The number of hydrogen-bond acceptors (Lipinski definition) is 6. The lowest BCUT2D eigenvalue weighted by molar-refractivity contribution is 0.0569. The van der Waals surface area contributed by atoms with Crippen LogP contribution in [0.2, 0.25) is 0 Å². The molecule has 1 N–H and O–H groups in total. The van der Waals surface area contributed by atoms with Gasteiger partial charge in [-0.3, -0.25) is 14.1 Å². The Kier molecular flexibility index (Phi) is 8.22. The first kappa shape index (κ1) is 29.1. The van der Waals surface area contributed by atoms with Gasteiger partial charge in [0.15, 0.2) is 5.65 Å². The Morgan fingerprint density at radius 2 is 1.83 bits per heavy atom. The number of imidazole rings is 1. The zero-order valence-electron chi connectivity index (χ0n) is 25.1. The van der Waals surface area contributed by atoms with Crippen LogP contribution >= 0.6 is 0 Å². The van der Waals surface area contributed by atoms with Crippen molar-refractivity contribution in [2.75, 3.05) is 25.2 Å². The summed E-state index contributed by atoms with van der Waals surface area (Å²) in [6, 6.07) is 15.6. The number of nitrogens with zero attached hydrogens (tertiary/aromatic N) is 3. The number of ether oxygens (including phenoxy) is 3. The third-order valence-corrected chi connectivity index (χ3v) is 6.99. The third-order valence-electron chi connectivity index (χ3n) is 6.99. The summed E-state index contributed by atoms with van der Waals surface area (Å²) < 4.78 is 19.4. The van der Waals surface area contributed by atoms with Gasteiger partial charge in [0.2, 0.25) is 0 Å². The fourth-order valence-electron chi connectivity index (χ4n) is 4.69. The predicted octanol–water partition coefficient (Wildman–Crippen LogP) is 6.69. The van der Waals surface area contributed by atoms with E-state index in [4.69, 9.17) is 19.2 Å². The van der Waals surface area contributed by atoms with Gasteiger partial charge in [0, 0.05) is 30.3 Å². The number of carbonyl (C=O) groups is 2. The van der Waals surface area contributed by atoms with E-state index in [-0.39, 0.29) is 18.5 Å². The smallest absolute Gasteiger partial charge is 0.415 e. The molecule has 2 amide bonds. The normalized spacial score (nSPS) is 13.2. The van der Waals surface area contributed by atoms with Crippen LogP contribution in [0.3, 0.4) is 0 Å². The number of nitrogens with one attached hydrogen (secondary N) is 1. The molecule has 1 saturated carbocycles. The fraction of sp³-hybridized carbons (Fsp3) is 0.364. The van der Waals surface area contributed by atoms with E-state index >= 15 is 0 Å². The van der Waals surface area contributed by atoms with Crippen molar-refractivity contribution in [3.05, 3.63) is 77.6 Å². The van der Waals surface area contributed by atoms with Crippen molar-refractivity contribution < 1.29 is 23.8 Å². The first-order valence-electron chi connectivity index (χ1n) is 14.2. The number of amides is 2. The summed E-state index contributed by atoms with van der Waals surface area (Å²) in [7, 11) is 1.59. The van der Waals surface area contributed by atoms with E-state index in [9.17, 15) is 9.59 Å². The summed E-state index contributed by atoms with van der Waals surface area (Å²) in [5.41, 5.74) is 4.54. The highest BCUT2D eigenvalue weighted by atomic mass is 16.6. The Hall–Kier alpha value is -4.37. The molecule has 2 aromatic carbocycles. The van der Waals surface area contributed by atoms with Crippen LogP contribution in [-0.2, 0) is 9.47 Å². The molecule has 9 nitrogen and oxygen atoms in total. The number of rotatable bonds is 9. The van der Waals surface area contributed by atoms with Crippen LogP contribution in [-0.4, -0.2) is 53.3 Å². The highest BCUT2D eigenvalue weighted by Crippen LogP contribution is 2.35. The maximum absolute atomic E-state index is 13.5. The second-order valence-electron chi connectivity index (χ2n) is 11.7. The second-order valence-corrected chi connectivity index (χ2v) is 11.7. The monoisotopic (exact) mass is 570 g/mol. The van der Waals surface area contributed by atoms with Gasteiger partial charge in [-0.15, -0.1) is 0 Å². The molecule has 0 saturated heterocycles. The lowest BCUT2D eigenvalue weighted by Crippen LogP contribution is -2.39. The first-order chi connectivity index (χ1) is 20.0. The number of carbonyl (C=O) groups excluding carboxylic acids is 2. The van der Waals surface area contributed by atoms with Gasteiger partial charge in [-0.2, -0.15) is 0 Å². The quantitative estimate of drug-likeness (QED) is 0.241. The number of pyridine rings is 1. The number of methoxy groups -OCH3 is 1. The molecule has 0 spiro atoms. The Balaban J connectivity index is 1.62. The van der Waals surface area contributed by atoms with Crippen molar-refractivity contribution in [2.45, 2.75) is 59.1 Å². The van der Waals surface area contributed by atoms with Gasteiger partial charge in [-0.05, 0) is 76.8 Å². The van der Waals surface area contributed by atoms with Crippen LogP contribution in [0.4, 0.5) is 10.5 Å². The number of fused-ring (bicyclic) bond motifs is 1.